The average Bonchev–Trinajstić information content (AvgIpc) is 3.18. The Morgan fingerprint density at radius 1 is 1.26 bits per heavy atom. The predicted molar refractivity (Wildman–Crippen MR) is 122 cm³/mol. The molecule has 2 heterocycles. The van der Waals surface area contributed by atoms with Crippen molar-refractivity contribution in [1.29, 1.82) is 0 Å². The monoisotopic (exact) mass is 447 g/mol. The Labute approximate surface area is 186 Å². The van der Waals surface area contributed by atoms with Gasteiger partial charge in [-0.05, 0) is 32.9 Å². The van der Waals surface area contributed by atoms with Crippen molar-refractivity contribution >= 4 is 50.8 Å². The van der Waals surface area contributed by atoms with Crippen LogP contribution in [-0.2, 0) is 14.3 Å². The van der Waals surface area contributed by atoms with Gasteiger partial charge in [0.1, 0.15) is 5.60 Å². The summed E-state index contributed by atoms with van der Waals surface area (Å²) in [6, 6.07) is 5.64. The fourth-order valence-corrected chi connectivity index (χ4v) is 4.41. The third-order valence-electron chi connectivity index (χ3n) is 4.88. The van der Waals surface area contributed by atoms with E-state index >= 15 is 0 Å². The molecule has 0 bridgehead atoms. The largest absolute Gasteiger partial charge is 0.444 e. The van der Waals surface area contributed by atoms with Crippen LogP contribution in [0.5, 0.6) is 0 Å². The number of hydrogen-bond donors (Lipinski definition) is 1. The predicted octanol–water partition coefficient (Wildman–Crippen LogP) is 2.45. The Bertz CT molecular complexity index is 947. The molecule has 0 spiro atoms. The quantitative estimate of drug-likeness (QED) is 0.684. The summed E-state index contributed by atoms with van der Waals surface area (Å²) in [5, 5.41) is 3.42. The van der Waals surface area contributed by atoms with Crippen LogP contribution < -0.4 is 15.1 Å². The molecular formula is C21H29N5O4S. The van der Waals surface area contributed by atoms with Gasteiger partial charge >= 0.3 is 6.09 Å². The fourth-order valence-electron chi connectivity index (χ4n) is 3.27. The molecule has 1 aliphatic heterocycles. The number of amides is 3. The van der Waals surface area contributed by atoms with Crippen LogP contribution in [0.15, 0.2) is 18.2 Å². The molecule has 1 aliphatic rings. The number of benzene rings is 1. The van der Waals surface area contributed by atoms with Crippen molar-refractivity contribution in [1.82, 2.24) is 15.2 Å². The van der Waals surface area contributed by atoms with Gasteiger partial charge < -0.3 is 24.8 Å². The maximum Gasteiger partial charge on any atom is 0.410 e. The minimum Gasteiger partial charge on any atom is -0.444 e. The minimum absolute atomic E-state index is 0.119. The van der Waals surface area contributed by atoms with E-state index in [9.17, 15) is 14.4 Å². The molecule has 1 aromatic heterocycles. The number of carbonyl (C=O) groups excluding carboxylic acids is 3. The number of nitrogens with zero attached hydrogens (tertiary/aromatic N) is 4. The number of carbonyl (C=O) groups is 3. The van der Waals surface area contributed by atoms with Crippen molar-refractivity contribution in [2.24, 2.45) is 0 Å². The van der Waals surface area contributed by atoms with Gasteiger partial charge in [-0.15, -0.1) is 0 Å². The van der Waals surface area contributed by atoms with E-state index in [0.29, 0.717) is 32.7 Å². The van der Waals surface area contributed by atoms with E-state index < -0.39 is 5.60 Å². The topological polar surface area (TPSA) is 95.1 Å². The number of nitrogens with one attached hydrogen (secondary N) is 1. The van der Waals surface area contributed by atoms with Crippen LogP contribution >= 0.6 is 11.3 Å². The molecule has 9 nitrogen and oxygen atoms in total. The zero-order chi connectivity index (χ0) is 22.6. The molecule has 1 aromatic carbocycles. The molecule has 3 rings (SSSR count). The SMILES string of the molecule is CNC(=O)CCN(C=O)c1cccc2nc(N3CCN(C(=O)OC(C)(C)C)CC3)sc12. The van der Waals surface area contributed by atoms with Crippen LogP contribution in [0.1, 0.15) is 27.2 Å². The van der Waals surface area contributed by atoms with E-state index in [1.54, 1.807) is 16.8 Å². The first kappa shape index (κ1) is 22.8. The van der Waals surface area contributed by atoms with Crippen LogP contribution in [0.3, 0.4) is 0 Å². The summed E-state index contributed by atoms with van der Waals surface area (Å²) in [4.78, 5) is 45.7. The van der Waals surface area contributed by atoms with Crippen molar-refractivity contribution in [3.05, 3.63) is 18.2 Å². The molecule has 3 amide bonds. The molecule has 2 aromatic rings. The second kappa shape index (κ2) is 9.51. The summed E-state index contributed by atoms with van der Waals surface area (Å²) in [6.45, 7) is 8.30. The normalized spacial score (nSPS) is 14.5. The van der Waals surface area contributed by atoms with E-state index in [2.05, 4.69) is 10.2 Å². The third kappa shape index (κ3) is 5.63. The molecule has 1 N–H and O–H groups in total. The summed E-state index contributed by atoms with van der Waals surface area (Å²) in [6.07, 6.45) is 0.678. The van der Waals surface area contributed by atoms with Gasteiger partial charge in [0.2, 0.25) is 12.3 Å². The van der Waals surface area contributed by atoms with Gasteiger partial charge in [0.25, 0.3) is 0 Å². The lowest BCUT2D eigenvalue weighted by atomic mass is 10.2. The van der Waals surface area contributed by atoms with Crippen LogP contribution in [0.25, 0.3) is 10.2 Å². The number of hydrogen-bond acceptors (Lipinski definition) is 7. The highest BCUT2D eigenvalue weighted by Crippen LogP contribution is 2.36. The van der Waals surface area contributed by atoms with Gasteiger partial charge in [0, 0.05) is 46.2 Å². The molecule has 0 unspecified atom stereocenters. The Hall–Kier alpha value is -2.88. The lowest BCUT2D eigenvalue weighted by molar-refractivity contribution is -0.120. The highest BCUT2D eigenvalue weighted by molar-refractivity contribution is 7.22. The van der Waals surface area contributed by atoms with Crippen molar-refractivity contribution in [2.45, 2.75) is 32.8 Å². The number of aromatic nitrogens is 1. The van der Waals surface area contributed by atoms with Gasteiger partial charge in [-0.25, -0.2) is 9.78 Å². The second-order valence-corrected chi connectivity index (χ2v) is 9.28. The summed E-state index contributed by atoms with van der Waals surface area (Å²) in [5.41, 5.74) is 1.03. The van der Waals surface area contributed by atoms with E-state index in [1.807, 2.05) is 39.0 Å². The first-order chi connectivity index (χ1) is 14.7. The van der Waals surface area contributed by atoms with Crippen LogP contribution in [0.2, 0.25) is 0 Å². The smallest absolute Gasteiger partial charge is 0.410 e. The molecule has 1 saturated heterocycles. The lowest BCUT2D eigenvalue weighted by Crippen LogP contribution is -2.50. The zero-order valence-corrected chi connectivity index (χ0v) is 19.2. The van der Waals surface area contributed by atoms with E-state index in [4.69, 9.17) is 9.72 Å². The maximum absolute atomic E-state index is 12.3. The first-order valence-corrected chi connectivity index (χ1v) is 11.1. The molecule has 31 heavy (non-hydrogen) atoms. The maximum atomic E-state index is 12.3. The standard InChI is InChI=1S/C21H29N5O4S/c1-21(2,3)30-20(29)25-12-10-24(11-13-25)19-23-15-6-5-7-16(18(15)31-19)26(14-27)9-8-17(28)22-4/h5-7,14H,8-13H2,1-4H3,(H,22,28). The fraction of sp³-hybridized carbons (Fsp3) is 0.524. The van der Waals surface area contributed by atoms with Gasteiger partial charge in [-0.3, -0.25) is 9.59 Å². The molecule has 0 atom stereocenters. The molecule has 0 saturated carbocycles. The van der Waals surface area contributed by atoms with Crippen LogP contribution in [0, 0.1) is 0 Å². The summed E-state index contributed by atoms with van der Waals surface area (Å²) in [5.74, 6) is -0.119. The summed E-state index contributed by atoms with van der Waals surface area (Å²) >= 11 is 1.51. The highest BCUT2D eigenvalue weighted by atomic mass is 32.1. The van der Waals surface area contributed by atoms with Crippen molar-refractivity contribution < 1.29 is 19.1 Å². The van der Waals surface area contributed by atoms with E-state index in [0.717, 1.165) is 27.4 Å². The molecule has 10 heteroatoms. The average molecular weight is 448 g/mol. The Morgan fingerprint density at radius 2 is 1.97 bits per heavy atom. The number of anilines is 2. The lowest BCUT2D eigenvalue weighted by Gasteiger charge is -2.35. The molecule has 1 fully saturated rings. The van der Waals surface area contributed by atoms with E-state index in [1.165, 1.54) is 11.3 Å². The van der Waals surface area contributed by atoms with Gasteiger partial charge in [-0.1, -0.05) is 17.4 Å². The van der Waals surface area contributed by atoms with Crippen molar-refractivity contribution in [3.8, 4) is 0 Å². The summed E-state index contributed by atoms with van der Waals surface area (Å²) in [7, 11) is 1.58. The van der Waals surface area contributed by atoms with Crippen molar-refractivity contribution in [3.63, 3.8) is 0 Å². The van der Waals surface area contributed by atoms with E-state index in [-0.39, 0.29) is 18.4 Å². The molecule has 168 valence electrons. The molecule has 0 aliphatic carbocycles. The second-order valence-electron chi connectivity index (χ2n) is 8.30. The van der Waals surface area contributed by atoms with Gasteiger partial charge in [0.05, 0.1) is 15.9 Å². The highest BCUT2D eigenvalue weighted by Gasteiger charge is 2.27. The zero-order valence-electron chi connectivity index (χ0n) is 18.4. The first-order valence-electron chi connectivity index (χ1n) is 10.3. The third-order valence-corrected chi connectivity index (χ3v) is 6.03. The van der Waals surface area contributed by atoms with Gasteiger partial charge in [0.15, 0.2) is 5.13 Å². The number of rotatable bonds is 6. The Kier molecular flexibility index (Phi) is 6.99. The molecule has 0 radical (unpaired) electrons. The number of piperazine rings is 1. The number of fused-ring (bicyclic) bond motifs is 1. The number of thiazole rings is 1. The Morgan fingerprint density at radius 3 is 2.58 bits per heavy atom. The van der Waals surface area contributed by atoms with Gasteiger partial charge in [-0.2, -0.15) is 0 Å². The van der Waals surface area contributed by atoms with Crippen LogP contribution in [0.4, 0.5) is 15.6 Å². The summed E-state index contributed by atoms with van der Waals surface area (Å²) < 4.78 is 6.36. The van der Waals surface area contributed by atoms with Crippen LogP contribution in [-0.4, -0.2) is 73.7 Å². The van der Waals surface area contributed by atoms with Crippen molar-refractivity contribution in [2.75, 3.05) is 49.6 Å². The molecular weight excluding hydrogens is 418 g/mol. The Balaban J connectivity index is 1.72. The number of ether oxygens (including phenoxy) is 1. The minimum atomic E-state index is -0.514.